The van der Waals surface area contributed by atoms with Crippen molar-refractivity contribution in [1.82, 2.24) is 5.32 Å². The summed E-state index contributed by atoms with van der Waals surface area (Å²) in [5.74, 6) is 0.815. The van der Waals surface area contributed by atoms with E-state index in [1.165, 1.54) is 0 Å². The van der Waals surface area contributed by atoms with Crippen LogP contribution in [0.25, 0.3) is 0 Å². The number of aliphatic hydroxyl groups excluding tert-OH is 1. The maximum Gasteiger partial charge on any atom is 0.223 e. The number of aryl methyl sites for hydroxylation is 2. The predicted octanol–water partition coefficient (Wildman–Crippen LogP) is 2.49. The Hall–Kier alpha value is -1.55. The van der Waals surface area contributed by atoms with Gasteiger partial charge in [-0.1, -0.05) is 31.0 Å². The Balaban J connectivity index is 1.76. The van der Waals surface area contributed by atoms with Gasteiger partial charge in [0.15, 0.2) is 0 Å². The number of carbonyl (C=O) groups is 1. The second kappa shape index (κ2) is 7.46. The molecule has 0 radical (unpaired) electrons. The van der Waals surface area contributed by atoms with Crippen LogP contribution in [-0.4, -0.2) is 29.8 Å². The van der Waals surface area contributed by atoms with E-state index in [9.17, 15) is 9.90 Å². The van der Waals surface area contributed by atoms with E-state index in [1.807, 2.05) is 32.0 Å². The first-order valence-corrected chi connectivity index (χ1v) is 7.74. The van der Waals surface area contributed by atoms with Crippen LogP contribution in [0, 0.1) is 13.8 Å². The smallest absolute Gasteiger partial charge is 0.223 e. The quantitative estimate of drug-likeness (QED) is 0.876. The fraction of sp³-hybridized carbons (Fsp3) is 0.588. The van der Waals surface area contributed by atoms with E-state index in [0.29, 0.717) is 13.0 Å². The fourth-order valence-electron chi connectivity index (χ4n) is 2.83. The third-order valence-corrected chi connectivity index (χ3v) is 4.06. The zero-order chi connectivity index (χ0) is 15.2. The highest BCUT2D eigenvalue weighted by Crippen LogP contribution is 2.22. The molecule has 2 N–H and O–H groups in total. The molecule has 1 aliphatic rings. The van der Waals surface area contributed by atoms with Crippen LogP contribution in [-0.2, 0) is 4.79 Å². The molecule has 2 atom stereocenters. The molecule has 21 heavy (non-hydrogen) atoms. The predicted molar refractivity (Wildman–Crippen MR) is 82.4 cm³/mol. The minimum atomic E-state index is -0.401. The Morgan fingerprint density at radius 2 is 1.95 bits per heavy atom. The average Bonchev–Trinajstić information content (AvgIpc) is 2.45. The molecule has 4 nitrogen and oxygen atoms in total. The van der Waals surface area contributed by atoms with Gasteiger partial charge in [-0.2, -0.15) is 0 Å². The summed E-state index contributed by atoms with van der Waals surface area (Å²) in [6, 6.07) is 5.91. The number of aliphatic hydroxyl groups is 1. The number of carbonyl (C=O) groups excluding carboxylic acids is 1. The summed E-state index contributed by atoms with van der Waals surface area (Å²) >= 11 is 0. The van der Waals surface area contributed by atoms with Crippen LogP contribution >= 0.6 is 0 Å². The lowest BCUT2D eigenvalue weighted by Gasteiger charge is -2.28. The Labute approximate surface area is 126 Å². The first kappa shape index (κ1) is 15.8. The van der Waals surface area contributed by atoms with Crippen LogP contribution < -0.4 is 10.1 Å². The van der Waals surface area contributed by atoms with Crippen molar-refractivity contribution in [2.75, 3.05) is 6.61 Å². The lowest BCUT2D eigenvalue weighted by atomic mass is 9.92. The van der Waals surface area contributed by atoms with Gasteiger partial charge in [0.25, 0.3) is 0 Å². The van der Waals surface area contributed by atoms with Crippen LogP contribution in [0.2, 0.25) is 0 Å². The summed E-state index contributed by atoms with van der Waals surface area (Å²) in [5, 5.41) is 12.8. The minimum Gasteiger partial charge on any atom is -0.493 e. The van der Waals surface area contributed by atoms with Gasteiger partial charge < -0.3 is 15.2 Å². The molecule has 1 amide bonds. The number of benzene rings is 1. The number of ether oxygens (including phenoxy) is 1. The molecule has 2 rings (SSSR count). The third-order valence-electron chi connectivity index (χ3n) is 4.06. The zero-order valence-electron chi connectivity index (χ0n) is 12.9. The monoisotopic (exact) mass is 291 g/mol. The van der Waals surface area contributed by atoms with Gasteiger partial charge >= 0.3 is 0 Å². The number of rotatable bonds is 5. The molecule has 0 aliphatic heterocycles. The highest BCUT2D eigenvalue weighted by atomic mass is 16.5. The van der Waals surface area contributed by atoms with Gasteiger partial charge in [-0.25, -0.2) is 0 Å². The van der Waals surface area contributed by atoms with E-state index in [2.05, 4.69) is 5.32 Å². The van der Waals surface area contributed by atoms with Crippen molar-refractivity contribution in [2.24, 2.45) is 0 Å². The Morgan fingerprint density at radius 1 is 1.29 bits per heavy atom. The Morgan fingerprint density at radius 3 is 2.62 bits per heavy atom. The first-order chi connectivity index (χ1) is 10.1. The summed E-state index contributed by atoms with van der Waals surface area (Å²) in [6.07, 6.45) is 3.68. The number of hydrogen-bond donors (Lipinski definition) is 2. The van der Waals surface area contributed by atoms with E-state index in [-0.39, 0.29) is 11.9 Å². The van der Waals surface area contributed by atoms with Gasteiger partial charge in [-0.3, -0.25) is 4.79 Å². The molecule has 4 heteroatoms. The van der Waals surface area contributed by atoms with Crippen molar-refractivity contribution >= 4 is 5.91 Å². The molecule has 1 saturated carbocycles. The first-order valence-electron chi connectivity index (χ1n) is 7.74. The average molecular weight is 291 g/mol. The van der Waals surface area contributed by atoms with Crippen molar-refractivity contribution in [3.63, 3.8) is 0 Å². The molecular formula is C17H25NO3. The molecule has 1 aromatic rings. The van der Waals surface area contributed by atoms with Crippen LogP contribution in [0.5, 0.6) is 5.75 Å². The van der Waals surface area contributed by atoms with Gasteiger partial charge in [0.1, 0.15) is 5.75 Å². The van der Waals surface area contributed by atoms with E-state index in [1.54, 1.807) is 0 Å². The van der Waals surface area contributed by atoms with Gasteiger partial charge in [-0.05, 0) is 37.8 Å². The molecule has 116 valence electrons. The topological polar surface area (TPSA) is 58.6 Å². The largest absolute Gasteiger partial charge is 0.493 e. The number of para-hydroxylation sites is 1. The summed E-state index contributed by atoms with van der Waals surface area (Å²) in [5.41, 5.74) is 2.16. The van der Waals surface area contributed by atoms with Crippen LogP contribution in [0.1, 0.15) is 43.2 Å². The normalized spacial score (nSPS) is 21.9. The molecule has 0 spiro atoms. The van der Waals surface area contributed by atoms with Crippen molar-refractivity contribution in [3.8, 4) is 5.75 Å². The van der Waals surface area contributed by atoms with Crippen molar-refractivity contribution in [2.45, 2.75) is 58.1 Å². The minimum absolute atomic E-state index is 0.0489. The zero-order valence-corrected chi connectivity index (χ0v) is 12.9. The maximum atomic E-state index is 11.9. The summed E-state index contributed by atoms with van der Waals surface area (Å²) < 4.78 is 5.73. The molecule has 0 saturated heterocycles. The van der Waals surface area contributed by atoms with E-state index >= 15 is 0 Å². The molecular weight excluding hydrogens is 266 g/mol. The highest BCUT2D eigenvalue weighted by molar-refractivity contribution is 5.76. The molecule has 0 bridgehead atoms. The molecule has 1 aliphatic carbocycles. The maximum absolute atomic E-state index is 11.9. The number of amides is 1. The van der Waals surface area contributed by atoms with Gasteiger partial charge in [0.05, 0.1) is 25.2 Å². The van der Waals surface area contributed by atoms with Crippen LogP contribution in [0.15, 0.2) is 18.2 Å². The van der Waals surface area contributed by atoms with Gasteiger partial charge in [-0.15, -0.1) is 0 Å². The van der Waals surface area contributed by atoms with Crippen molar-refractivity contribution in [3.05, 3.63) is 29.3 Å². The Bertz CT molecular complexity index is 467. The van der Waals surface area contributed by atoms with Crippen LogP contribution in [0.3, 0.4) is 0 Å². The van der Waals surface area contributed by atoms with Crippen molar-refractivity contribution in [1.29, 1.82) is 0 Å². The fourth-order valence-corrected chi connectivity index (χ4v) is 2.83. The molecule has 0 heterocycles. The summed E-state index contributed by atoms with van der Waals surface area (Å²) in [6.45, 7) is 4.36. The highest BCUT2D eigenvalue weighted by Gasteiger charge is 2.24. The third kappa shape index (κ3) is 4.46. The van der Waals surface area contributed by atoms with Gasteiger partial charge in [0, 0.05) is 0 Å². The van der Waals surface area contributed by atoms with Crippen LogP contribution in [0.4, 0.5) is 0 Å². The van der Waals surface area contributed by atoms with Crippen molar-refractivity contribution < 1.29 is 14.6 Å². The second-order valence-electron chi connectivity index (χ2n) is 5.85. The lowest BCUT2D eigenvalue weighted by Crippen LogP contribution is -2.45. The summed E-state index contributed by atoms with van der Waals surface area (Å²) in [7, 11) is 0. The van der Waals surface area contributed by atoms with E-state index in [4.69, 9.17) is 4.74 Å². The van der Waals surface area contributed by atoms with E-state index in [0.717, 1.165) is 42.6 Å². The second-order valence-corrected chi connectivity index (χ2v) is 5.85. The lowest BCUT2D eigenvalue weighted by molar-refractivity contribution is -0.123. The SMILES string of the molecule is Cc1cccc(C)c1OCCC(=O)N[C@H]1CCCC[C@@H]1O. The van der Waals surface area contributed by atoms with Gasteiger partial charge in [0.2, 0.25) is 5.91 Å². The molecule has 1 aromatic carbocycles. The molecule has 0 unspecified atom stereocenters. The standard InChI is InChI=1S/C17H25NO3/c1-12-6-5-7-13(2)17(12)21-11-10-16(20)18-14-8-3-4-9-15(14)19/h5-7,14-15,19H,3-4,8-11H2,1-2H3,(H,18,20)/t14-,15-/m0/s1. The van der Waals surface area contributed by atoms with E-state index < -0.39 is 6.10 Å². The molecule has 1 fully saturated rings. The summed E-state index contributed by atoms with van der Waals surface area (Å²) in [4.78, 5) is 11.9. The number of hydrogen-bond acceptors (Lipinski definition) is 3. The Kier molecular flexibility index (Phi) is 5.62. The number of nitrogens with one attached hydrogen (secondary N) is 1. The molecule has 0 aromatic heterocycles.